The third-order valence-corrected chi connectivity index (χ3v) is 6.33. The van der Waals surface area contributed by atoms with Crippen LogP contribution in [0.25, 0.3) is 5.65 Å². The number of anilines is 1. The first-order valence-corrected chi connectivity index (χ1v) is 10.1. The first kappa shape index (κ1) is 20.2. The minimum Gasteiger partial charge on any atom is -0.302 e. The first-order valence-electron chi connectivity index (χ1n) is 9.70. The van der Waals surface area contributed by atoms with Crippen molar-refractivity contribution in [2.45, 2.75) is 43.7 Å². The van der Waals surface area contributed by atoms with Crippen molar-refractivity contribution in [2.24, 2.45) is 0 Å². The molecule has 1 saturated carbocycles. The average Bonchev–Trinajstić information content (AvgIpc) is 3.37. The zero-order chi connectivity index (χ0) is 22.3. The quantitative estimate of drug-likeness (QED) is 0.527. The molecule has 2 aliphatic rings. The lowest BCUT2D eigenvalue weighted by Crippen LogP contribution is -2.41. The Morgan fingerprint density at radius 2 is 1.97 bits per heavy atom. The zero-order valence-corrected chi connectivity index (χ0v) is 17.3. The summed E-state index contributed by atoms with van der Waals surface area (Å²) in [5.74, 6) is -1.22. The summed E-state index contributed by atoms with van der Waals surface area (Å²) >= 11 is 6.05. The number of alkyl halides is 3. The molecule has 1 amide bonds. The summed E-state index contributed by atoms with van der Waals surface area (Å²) in [6, 6.07) is 6.90. The average molecular weight is 453 g/mol. The zero-order valence-electron chi connectivity index (χ0n) is 16.5. The second-order valence-corrected chi connectivity index (χ2v) is 8.98. The van der Waals surface area contributed by atoms with Crippen LogP contribution >= 0.6 is 11.6 Å². The molecule has 0 N–H and O–H groups in total. The summed E-state index contributed by atoms with van der Waals surface area (Å²) < 4.78 is 54.3. The van der Waals surface area contributed by atoms with Crippen molar-refractivity contribution in [3.63, 3.8) is 0 Å². The molecule has 0 radical (unpaired) electrons. The summed E-state index contributed by atoms with van der Waals surface area (Å²) in [5, 5.41) is 4.04. The Morgan fingerprint density at radius 3 is 2.68 bits per heavy atom. The first-order chi connectivity index (χ1) is 14.5. The van der Waals surface area contributed by atoms with Crippen LogP contribution in [0, 0.1) is 5.95 Å². The van der Waals surface area contributed by atoms with Gasteiger partial charge >= 0.3 is 6.18 Å². The van der Waals surface area contributed by atoms with E-state index in [2.05, 4.69) is 10.1 Å². The maximum Gasteiger partial charge on any atom is 0.406 e. The third kappa shape index (κ3) is 3.17. The fraction of sp³-hybridized carbons (Fsp3) is 0.381. The second-order valence-electron chi connectivity index (χ2n) is 8.60. The molecule has 1 aliphatic heterocycles. The topological polar surface area (TPSA) is 50.5 Å². The van der Waals surface area contributed by atoms with E-state index in [0.29, 0.717) is 23.3 Å². The normalized spacial score (nSPS) is 22.3. The summed E-state index contributed by atoms with van der Waals surface area (Å²) in [4.78, 5) is 17.6. The van der Waals surface area contributed by atoms with Gasteiger partial charge in [-0.15, -0.1) is 0 Å². The molecule has 2 atom stereocenters. The van der Waals surface area contributed by atoms with Crippen LogP contribution in [0.15, 0.2) is 30.5 Å². The van der Waals surface area contributed by atoms with Crippen molar-refractivity contribution in [1.29, 1.82) is 0 Å². The highest BCUT2D eigenvalue weighted by molar-refractivity contribution is 6.29. The minimum absolute atomic E-state index is 0.00104. The molecule has 1 aromatic carbocycles. The highest BCUT2D eigenvalue weighted by Gasteiger charge is 2.49. The predicted octanol–water partition coefficient (Wildman–Crippen LogP) is 4.98. The molecule has 0 saturated heterocycles. The van der Waals surface area contributed by atoms with Crippen LogP contribution < -0.4 is 4.90 Å². The van der Waals surface area contributed by atoms with Gasteiger partial charge in [0, 0.05) is 11.3 Å². The number of rotatable bonds is 3. The van der Waals surface area contributed by atoms with E-state index < -0.39 is 30.0 Å². The largest absolute Gasteiger partial charge is 0.406 e. The van der Waals surface area contributed by atoms with E-state index in [1.165, 1.54) is 0 Å². The molecule has 0 spiro atoms. The number of aromatic nitrogens is 3. The molecule has 5 rings (SSSR count). The van der Waals surface area contributed by atoms with Crippen LogP contribution in [-0.2, 0) is 10.2 Å². The van der Waals surface area contributed by atoms with Gasteiger partial charge < -0.3 is 4.90 Å². The molecule has 0 bridgehead atoms. The molecule has 1 aliphatic carbocycles. The van der Waals surface area contributed by atoms with Gasteiger partial charge in [-0.3, -0.25) is 4.79 Å². The minimum atomic E-state index is -4.50. The number of hydrogen-bond acceptors (Lipinski definition) is 3. The predicted molar refractivity (Wildman–Crippen MR) is 106 cm³/mol. The van der Waals surface area contributed by atoms with Gasteiger partial charge in [0.15, 0.2) is 10.8 Å². The fourth-order valence-corrected chi connectivity index (χ4v) is 4.74. The number of halogens is 5. The van der Waals surface area contributed by atoms with Crippen LogP contribution in [0.1, 0.15) is 48.8 Å². The molecule has 3 aromatic rings. The van der Waals surface area contributed by atoms with Crippen molar-refractivity contribution in [3.8, 4) is 0 Å². The number of imidazole rings is 1. The molecule has 10 heteroatoms. The van der Waals surface area contributed by atoms with Gasteiger partial charge in [0.25, 0.3) is 0 Å². The molecular weight excluding hydrogens is 436 g/mol. The number of carbonyl (C=O) groups excluding carboxylic acids is 1. The van der Waals surface area contributed by atoms with Crippen molar-refractivity contribution in [1.82, 2.24) is 14.6 Å². The monoisotopic (exact) mass is 452 g/mol. The molecule has 3 heterocycles. The smallest absolute Gasteiger partial charge is 0.302 e. The van der Waals surface area contributed by atoms with E-state index in [1.807, 2.05) is 6.07 Å². The number of amides is 1. The van der Waals surface area contributed by atoms with E-state index in [0.717, 1.165) is 26.7 Å². The van der Waals surface area contributed by atoms with Crippen LogP contribution in [0.3, 0.4) is 0 Å². The number of nitrogens with zero attached hydrogens (tertiary/aromatic N) is 4. The van der Waals surface area contributed by atoms with Crippen LogP contribution in [0.4, 0.5) is 23.2 Å². The number of hydrogen-bond donors (Lipinski definition) is 0. The lowest BCUT2D eigenvalue weighted by Gasteiger charge is -2.21. The summed E-state index contributed by atoms with van der Waals surface area (Å²) in [5.41, 5.74) is 1.76. The number of fused-ring (bicyclic) bond motifs is 2. The maximum atomic E-state index is 13.9. The van der Waals surface area contributed by atoms with E-state index in [1.54, 1.807) is 32.0 Å². The molecule has 5 nitrogen and oxygen atoms in total. The lowest BCUT2D eigenvalue weighted by molar-refractivity contribution is -0.134. The van der Waals surface area contributed by atoms with Gasteiger partial charge in [-0.2, -0.15) is 27.2 Å². The standard InChI is InChI=1S/C21H17ClF4N4O/c1-20(2)14-4-3-10(5-15(14)29(19(20)31)9-21(24,25)26)11-6-12(11)13-7-16(22)28-30-17(23)8-27-18(13)30/h3-5,7-8,11-12H,6,9H2,1-2H3/t11-,12+/m0/s1. The van der Waals surface area contributed by atoms with Crippen molar-refractivity contribution in [3.05, 3.63) is 58.3 Å². The Hall–Kier alpha value is -2.68. The van der Waals surface area contributed by atoms with Crippen molar-refractivity contribution in [2.75, 3.05) is 11.4 Å². The van der Waals surface area contributed by atoms with Crippen molar-refractivity contribution < 1.29 is 22.4 Å². The van der Waals surface area contributed by atoms with Crippen molar-refractivity contribution >= 4 is 28.8 Å². The van der Waals surface area contributed by atoms with Gasteiger partial charge in [0.05, 0.1) is 11.6 Å². The van der Waals surface area contributed by atoms with Crippen LogP contribution in [0.2, 0.25) is 5.15 Å². The van der Waals surface area contributed by atoms with E-state index in [-0.39, 0.29) is 17.0 Å². The number of benzene rings is 1. The van der Waals surface area contributed by atoms with Gasteiger partial charge in [0.1, 0.15) is 6.54 Å². The lowest BCUT2D eigenvalue weighted by atomic mass is 9.85. The van der Waals surface area contributed by atoms with E-state index in [4.69, 9.17) is 11.6 Å². The van der Waals surface area contributed by atoms with E-state index >= 15 is 0 Å². The Kier molecular flexibility index (Phi) is 4.19. The molecule has 1 fully saturated rings. The summed E-state index contributed by atoms with van der Waals surface area (Å²) in [7, 11) is 0. The van der Waals surface area contributed by atoms with Crippen LogP contribution in [0.5, 0.6) is 0 Å². The third-order valence-electron chi connectivity index (χ3n) is 6.15. The Balaban J connectivity index is 1.51. The fourth-order valence-electron chi connectivity index (χ4n) is 4.54. The Morgan fingerprint density at radius 1 is 1.23 bits per heavy atom. The van der Waals surface area contributed by atoms with E-state index in [9.17, 15) is 22.4 Å². The molecule has 0 unspecified atom stereocenters. The molecular formula is C21H17ClF4N4O. The highest BCUT2D eigenvalue weighted by atomic mass is 35.5. The van der Waals surface area contributed by atoms with Crippen LogP contribution in [-0.4, -0.2) is 33.2 Å². The second kappa shape index (κ2) is 6.41. The highest BCUT2D eigenvalue weighted by Crippen LogP contribution is 2.57. The maximum absolute atomic E-state index is 13.9. The van der Waals surface area contributed by atoms with Gasteiger partial charge in [-0.05, 0) is 55.4 Å². The summed E-state index contributed by atoms with van der Waals surface area (Å²) in [6.45, 7) is 1.94. The van der Waals surface area contributed by atoms with Gasteiger partial charge in [-0.25, -0.2) is 4.98 Å². The van der Waals surface area contributed by atoms with Gasteiger partial charge in [0.2, 0.25) is 11.9 Å². The Labute approximate surface area is 179 Å². The number of carbonyl (C=O) groups is 1. The Bertz CT molecular complexity index is 1240. The molecule has 31 heavy (non-hydrogen) atoms. The molecule has 2 aromatic heterocycles. The molecule has 162 valence electrons. The SMILES string of the molecule is CC1(C)C(=O)N(CC(F)(F)F)c2cc([C@@H]3C[C@H]3c3cc(Cl)nn4c(F)cnc34)ccc21. The summed E-state index contributed by atoms with van der Waals surface area (Å²) in [6.07, 6.45) is -2.73. The van der Waals surface area contributed by atoms with Gasteiger partial charge in [-0.1, -0.05) is 23.7 Å².